The second-order valence-corrected chi connectivity index (χ2v) is 3.33. The van der Waals surface area contributed by atoms with Crippen molar-refractivity contribution in [3.8, 4) is 0 Å². The van der Waals surface area contributed by atoms with E-state index in [1.54, 1.807) is 0 Å². The summed E-state index contributed by atoms with van der Waals surface area (Å²) < 4.78 is 0. The van der Waals surface area contributed by atoms with Gasteiger partial charge in [-0.2, -0.15) is 0 Å². The maximum absolute atomic E-state index is 9.11. The van der Waals surface area contributed by atoms with Crippen LogP contribution in [0, 0.1) is 0 Å². The molecular weight excluding hydrogens is 166 g/mol. The summed E-state index contributed by atoms with van der Waals surface area (Å²) in [5.74, 6) is 0. The van der Waals surface area contributed by atoms with E-state index in [9.17, 15) is 0 Å². The third-order valence-electron chi connectivity index (χ3n) is 2.21. The maximum atomic E-state index is 9.11. The Morgan fingerprint density at radius 3 is 2.00 bits per heavy atom. The smallest absolute Gasteiger partial charge is 0.0831 e. The Labute approximate surface area is 79.8 Å². The SMILES string of the molecule is C=C(C)C(=C)NC(CC)(CO)CO. The summed E-state index contributed by atoms with van der Waals surface area (Å²) in [6, 6.07) is 0. The van der Waals surface area contributed by atoms with E-state index in [-0.39, 0.29) is 13.2 Å². The number of hydrogen-bond acceptors (Lipinski definition) is 3. The molecule has 0 heterocycles. The van der Waals surface area contributed by atoms with E-state index in [2.05, 4.69) is 18.5 Å². The third-order valence-corrected chi connectivity index (χ3v) is 2.21. The van der Waals surface area contributed by atoms with Crippen molar-refractivity contribution in [2.24, 2.45) is 0 Å². The molecule has 0 rings (SSSR count). The molecule has 0 amide bonds. The molecule has 0 unspecified atom stereocenters. The molecule has 76 valence electrons. The van der Waals surface area contributed by atoms with E-state index in [0.29, 0.717) is 12.1 Å². The van der Waals surface area contributed by atoms with Crippen LogP contribution in [0.5, 0.6) is 0 Å². The summed E-state index contributed by atoms with van der Waals surface area (Å²) in [6.07, 6.45) is 0.631. The summed E-state index contributed by atoms with van der Waals surface area (Å²) >= 11 is 0. The Bertz CT molecular complexity index is 187. The standard InChI is InChI=1S/C10H19NO2/c1-5-10(6-12,7-13)11-9(4)8(2)3/h11-13H,2,4-7H2,1,3H3. The van der Waals surface area contributed by atoms with Crippen LogP contribution >= 0.6 is 0 Å². The lowest BCUT2D eigenvalue weighted by Crippen LogP contribution is -2.50. The van der Waals surface area contributed by atoms with Crippen molar-refractivity contribution in [1.29, 1.82) is 0 Å². The second kappa shape index (κ2) is 5.04. The normalized spacial score (nSPS) is 11.1. The van der Waals surface area contributed by atoms with Crippen LogP contribution in [0.25, 0.3) is 0 Å². The van der Waals surface area contributed by atoms with E-state index in [0.717, 1.165) is 5.57 Å². The van der Waals surface area contributed by atoms with Gasteiger partial charge in [0.15, 0.2) is 0 Å². The topological polar surface area (TPSA) is 52.5 Å². The van der Waals surface area contributed by atoms with Crippen LogP contribution in [0.3, 0.4) is 0 Å². The molecule has 0 saturated heterocycles. The zero-order valence-corrected chi connectivity index (χ0v) is 8.43. The van der Waals surface area contributed by atoms with Gasteiger partial charge in [0.25, 0.3) is 0 Å². The van der Waals surface area contributed by atoms with Crippen molar-refractivity contribution in [2.45, 2.75) is 25.8 Å². The number of allylic oxidation sites excluding steroid dienone is 1. The fourth-order valence-electron chi connectivity index (χ4n) is 0.868. The van der Waals surface area contributed by atoms with Gasteiger partial charge in [-0.15, -0.1) is 0 Å². The lowest BCUT2D eigenvalue weighted by molar-refractivity contribution is 0.0964. The molecule has 0 saturated carbocycles. The van der Waals surface area contributed by atoms with Crippen molar-refractivity contribution in [1.82, 2.24) is 5.32 Å². The first kappa shape index (κ1) is 12.2. The Hall–Kier alpha value is -0.800. The summed E-state index contributed by atoms with van der Waals surface area (Å²) in [5.41, 5.74) is 0.792. The molecule has 3 N–H and O–H groups in total. The number of rotatable bonds is 6. The highest BCUT2D eigenvalue weighted by molar-refractivity contribution is 5.22. The molecule has 0 radical (unpaired) electrons. The minimum absolute atomic E-state index is 0.119. The molecule has 3 heteroatoms. The van der Waals surface area contributed by atoms with Crippen LogP contribution in [0.4, 0.5) is 0 Å². The van der Waals surface area contributed by atoms with Crippen LogP contribution in [-0.4, -0.2) is 29.0 Å². The minimum Gasteiger partial charge on any atom is -0.394 e. The molecule has 0 spiro atoms. The van der Waals surface area contributed by atoms with Gasteiger partial charge in [-0.3, -0.25) is 0 Å². The van der Waals surface area contributed by atoms with Gasteiger partial charge in [0.2, 0.25) is 0 Å². The van der Waals surface area contributed by atoms with E-state index >= 15 is 0 Å². The van der Waals surface area contributed by atoms with Crippen molar-refractivity contribution in [3.05, 3.63) is 24.4 Å². The van der Waals surface area contributed by atoms with E-state index < -0.39 is 5.54 Å². The number of nitrogens with one attached hydrogen (secondary N) is 1. The van der Waals surface area contributed by atoms with Gasteiger partial charge < -0.3 is 15.5 Å². The fraction of sp³-hybridized carbons (Fsp3) is 0.600. The lowest BCUT2D eigenvalue weighted by Gasteiger charge is -2.31. The molecule has 0 aromatic carbocycles. The Morgan fingerprint density at radius 2 is 1.77 bits per heavy atom. The third kappa shape index (κ3) is 3.20. The van der Waals surface area contributed by atoms with Gasteiger partial charge in [0.1, 0.15) is 0 Å². The van der Waals surface area contributed by atoms with Crippen LogP contribution < -0.4 is 5.32 Å². The predicted octanol–water partition coefficient (Wildman–Crippen LogP) is 0.799. The number of aliphatic hydroxyl groups is 2. The van der Waals surface area contributed by atoms with Crippen LogP contribution in [0.2, 0.25) is 0 Å². The molecule has 0 aromatic heterocycles. The van der Waals surface area contributed by atoms with Gasteiger partial charge in [0, 0.05) is 5.70 Å². The highest BCUT2D eigenvalue weighted by atomic mass is 16.3. The van der Waals surface area contributed by atoms with Crippen LogP contribution in [0.1, 0.15) is 20.3 Å². The molecule has 0 aliphatic rings. The average Bonchev–Trinajstić information content (AvgIpc) is 2.14. The van der Waals surface area contributed by atoms with E-state index in [4.69, 9.17) is 10.2 Å². The maximum Gasteiger partial charge on any atom is 0.0831 e. The first-order valence-corrected chi connectivity index (χ1v) is 4.36. The van der Waals surface area contributed by atoms with Crippen molar-refractivity contribution < 1.29 is 10.2 Å². The second-order valence-electron chi connectivity index (χ2n) is 3.33. The van der Waals surface area contributed by atoms with Gasteiger partial charge in [-0.25, -0.2) is 0 Å². The predicted molar refractivity (Wildman–Crippen MR) is 54.3 cm³/mol. The summed E-state index contributed by atoms with van der Waals surface area (Å²) in [6.45, 7) is 10.9. The summed E-state index contributed by atoms with van der Waals surface area (Å²) in [7, 11) is 0. The molecule has 13 heavy (non-hydrogen) atoms. The molecule has 0 aromatic rings. The van der Waals surface area contributed by atoms with Crippen molar-refractivity contribution in [2.75, 3.05) is 13.2 Å². The van der Waals surface area contributed by atoms with Gasteiger partial charge in [0.05, 0.1) is 18.8 Å². The van der Waals surface area contributed by atoms with Crippen molar-refractivity contribution in [3.63, 3.8) is 0 Å². The fourth-order valence-corrected chi connectivity index (χ4v) is 0.868. The van der Waals surface area contributed by atoms with E-state index in [1.165, 1.54) is 0 Å². The summed E-state index contributed by atoms with van der Waals surface area (Å²) in [5, 5.41) is 21.2. The molecule has 0 aliphatic carbocycles. The first-order chi connectivity index (χ1) is 6.01. The molecule has 0 bridgehead atoms. The zero-order valence-electron chi connectivity index (χ0n) is 8.43. The van der Waals surface area contributed by atoms with Gasteiger partial charge in [-0.05, 0) is 18.9 Å². The molecule has 0 fully saturated rings. The number of aliphatic hydroxyl groups excluding tert-OH is 2. The average molecular weight is 185 g/mol. The molecular formula is C10H19NO2. The molecule has 0 atom stereocenters. The molecule has 0 aliphatic heterocycles. The zero-order chi connectivity index (χ0) is 10.5. The van der Waals surface area contributed by atoms with Crippen LogP contribution in [0.15, 0.2) is 24.4 Å². The van der Waals surface area contributed by atoms with Crippen molar-refractivity contribution >= 4 is 0 Å². The Kier molecular flexibility index (Phi) is 4.73. The van der Waals surface area contributed by atoms with Crippen LogP contribution in [-0.2, 0) is 0 Å². The minimum atomic E-state index is -0.671. The lowest BCUT2D eigenvalue weighted by atomic mass is 9.97. The first-order valence-electron chi connectivity index (χ1n) is 4.36. The quantitative estimate of drug-likeness (QED) is 0.536. The monoisotopic (exact) mass is 185 g/mol. The highest BCUT2D eigenvalue weighted by Crippen LogP contribution is 2.13. The Morgan fingerprint density at radius 1 is 1.31 bits per heavy atom. The highest BCUT2D eigenvalue weighted by Gasteiger charge is 2.26. The summed E-state index contributed by atoms with van der Waals surface area (Å²) in [4.78, 5) is 0. The van der Waals surface area contributed by atoms with Gasteiger partial charge in [-0.1, -0.05) is 20.1 Å². The molecule has 3 nitrogen and oxygen atoms in total. The van der Waals surface area contributed by atoms with Gasteiger partial charge >= 0.3 is 0 Å². The van der Waals surface area contributed by atoms with E-state index in [1.807, 2.05) is 13.8 Å². The largest absolute Gasteiger partial charge is 0.394 e. The number of hydrogen-bond donors (Lipinski definition) is 3. The Balaban J connectivity index is 4.42.